The number of nitro benzene ring substituents is 2. The van der Waals surface area contributed by atoms with Crippen LogP contribution in [-0.4, -0.2) is 21.4 Å². The zero-order valence-corrected chi connectivity index (χ0v) is 13.3. The molecule has 1 aromatic carbocycles. The van der Waals surface area contributed by atoms with Crippen LogP contribution in [0.1, 0.15) is 50.7 Å². The van der Waals surface area contributed by atoms with Crippen LogP contribution >= 0.6 is 0 Å². The highest BCUT2D eigenvalue weighted by atomic mass is 16.6. The zero-order chi connectivity index (χ0) is 17.9. The van der Waals surface area contributed by atoms with Crippen LogP contribution in [0.2, 0.25) is 0 Å². The highest BCUT2D eigenvalue weighted by Gasteiger charge is 2.39. The summed E-state index contributed by atoms with van der Waals surface area (Å²) in [4.78, 5) is 33.3. The minimum Gasteiger partial charge on any atom is -0.456 e. The third-order valence-electron chi connectivity index (χ3n) is 4.30. The number of benzene rings is 1. The summed E-state index contributed by atoms with van der Waals surface area (Å²) in [6.45, 7) is 1.37. The summed E-state index contributed by atoms with van der Waals surface area (Å²) in [5.41, 5.74) is 3.79. The molecule has 1 atom stereocenters. The van der Waals surface area contributed by atoms with E-state index in [0.717, 1.165) is 31.4 Å². The monoisotopic (exact) mass is 337 g/mol. The van der Waals surface area contributed by atoms with Gasteiger partial charge in [-0.3, -0.25) is 25.0 Å². The summed E-state index contributed by atoms with van der Waals surface area (Å²) < 4.78 is 5.29. The molecule has 1 saturated carbocycles. The molecule has 1 aliphatic rings. The molecule has 0 saturated heterocycles. The Morgan fingerprint density at radius 1 is 1.17 bits per heavy atom. The van der Waals surface area contributed by atoms with Crippen LogP contribution < -0.4 is 5.73 Å². The van der Waals surface area contributed by atoms with Crippen LogP contribution in [0.5, 0.6) is 0 Å². The van der Waals surface area contributed by atoms with Gasteiger partial charge in [-0.1, -0.05) is 19.3 Å². The second-order valence-corrected chi connectivity index (χ2v) is 5.99. The standard InChI is InChI=1S/C15H19N3O6/c1-10(24-14(19)15(16)8-3-2-4-9-15)13-11(17(20)21)6-5-7-12(13)18(22)23/h5-7,10H,2-4,8-9,16H2,1H3. The number of hydrogen-bond acceptors (Lipinski definition) is 7. The smallest absolute Gasteiger partial charge is 0.326 e. The lowest BCUT2D eigenvalue weighted by Crippen LogP contribution is -2.50. The van der Waals surface area contributed by atoms with Gasteiger partial charge in [-0.05, 0) is 25.8 Å². The molecule has 0 aliphatic heterocycles. The van der Waals surface area contributed by atoms with Crippen molar-refractivity contribution in [1.29, 1.82) is 0 Å². The lowest BCUT2D eigenvalue weighted by Gasteiger charge is -2.31. The summed E-state index contributed by atoms with van der Waals surface area (Å²) in [5.74, 6) is -0.679. The minimum atomic E-state index is -1.15. The molecular formula is C15H19N3O6. The van der Waals surface area contributed by atoms with E-state index < -0.39 is 38.8 Å². The maximum absolute atomic E-state index is 12.4. The van der Waals surface area contributed by atoms with Gasteiger partial charge in [-0.2, -0.15) is 0 Å². The molecule has 0 bridgehead atoms. The molecule has 24 heavy (non-hydrogen) atoms. The van der Waals surface area contributed by atoms with Gasteiger partial charge in [0.25, 0.3) is 11.4 Å². The van der Waals surface area contributed by atoms with Crippen molar-refractivity contribution in [3.8, 4) is 0 Å². The first-order valence-electron chi connectivity index (χ1n) is 7.68. The molecule has 1 aliphatic carbocycles. The average Bonchev–Trinajstić information content (AvgIpc) is 2.54. The van der Waals surface area contributed by atoms with E-state index in [1.165, 1.54) is 13.0 Å². The maximum atomic E-state index is 12.4. The number of ether oxygens (including phenoxy) is 1. The Balaban J connectivity index is 2.32. The van der Waals surface area contributed by atoms with Crippen molar-refractivity contribution in [1.82, 2.24) is 0 Å². The van der Waals surface area contributed by atoms with Gasteiger partial charge in [0.1, 0.15) is 17.2 Å². The Labute approximate surface area is 138 Å². The van der Waals surface area contributed by atoms with E-state index in [1.54, 1.807) is 0 Å². The fourth-order valence-corrected chi connectivity index (χ4v) is 3.00. The molecule has 0 aromatic heterocycles. The van der Waals surface area contributed by atoms with Gasteiger partial charge in [0.15, 0.2) is 0 Å². The van der Waals surface area contributed by atoms with E-state index in [-0.39, 0.29) is 5.56 Å². The molecule has 0 amide bonds. The van der Waals surface area contributed by atoms with Crippen molar-refractivity contribution < 1.29 is 19.4 Å². The predicted octanol–water partition coefficient (Wildman–Crippen LogP) is 2.77. The predicted molar refractivity (Wildman–Crippen MR) is 84.3 cm³/mol. The van der Waals surface area contributed by atoms with Crippen molar-refractivity contribution in [2.45, 2.75) is 50.7 Å². The molecule has 9 heteroatoms. The van der Waals surface area contributed by atoms with Crippen LogP contribution in [0, 0.1) is 20.2 Å². The summed E-state index contributed by atoms with van der Waals surface area (Å²) in [6.07, 6.45) is 2.37. The third kappa shape index (κ3) is 3.51. The number of nitro groups is 2. The van der Waals surface area contributed by atoms with E-state index in [1.807, 2.05) is 0 Å². The fraction of sp³-hybridized carbons (Fsp3) is 0.533. The lowest BCUT2D eigenvalue weighted by atomic mass is 9.82. The van der Waals surface area contributed by atoms with E-state index in [4.69, 9.17) is 10.5 Å². The molecule has 130 valence electrons. The second-order valence-electron chi connectivity index (χ2n) is 5.99. The first kappa shape index (κ1) is 17.8. The van der Waals surface area contributed by atoms with Crippen molar-refractivity contribution in [3.63, 3.8) is 0 Å². The van der Waals surface area contributed by atoms with Gasteiger partial charge in [-0.25, -0.2) is 0 Å². The number of esters is 1. The van der Waals surface area contributed by atoms with Gasteiger partial charge in [0.05, 0.1) is 9.85 Å². The van der Waals surface area contributed by atoms with E-state index in [2.05, 4.69) is 0 Å². The summed E-state index contributed by atoms with van der Waals surface area (Å²) in [7, 11) is 0. The minimum absolute atomic E-state index is 0.236. The molecule has 2 rings (SSSR count). The van der Waals surface area contributed by atoms with Crippen LogP contribution in [0.4, 0.5) is 11.4 Å². The number of carbonyl (C=O) groups excluding carboxylic acids is 1. The largest absolute Gasteiger partial charge is 0.456 e. The first-order valence-corrected chi connectivity index (χ1v) is 7.68. The van der Waals surface area contributed by atoms with Crippen molar-refractivity contribution in [3.05, 3.63) is 44.0 Å². The van der Waals surface area contributed by atoms with Crippen LogP contribution in [0.15, 0.2) is 18.2 Å². The summed E-state index contributed by atoms with van der Waals surface area (Å²) in [6, 6.07) is 3.51. The zero-order valence-electron chi connectivity index (χ0n) is 13.3. The molecule has 0 spiro atoms. The highest BCUT2D eigenvalue weighted by Crippen LogP contribution is 2.37. The first-order chi connectivity index (χ1) is 11.3. The van der Waals surface area contributed by atoms with Gasteiger partial charge in [-0.15, -0.1) is 0 Å². The topological polar surface area (TPSA) is 139 Å². The average molecular weight is 337 g/mol. The SMILES string of the molecule is CC(OC(=O)C1(N)CCCCC1)c1c([N+](=O)[O-])cccc1[N+](=O)[O-]. The Morgan fingerprint density at radius 2 is 1.67 bits per heavy atom. The number of hydrogen-bond donors (Lipinski definition) is 1. The van der Waals surface area contributed by atoms with Crippen molar-refractivity contribution in [2.24, 2.45) is 5.73 Å². The lowest BCUT2D eigenvalue weighted by molar-refractivity contribution is -0.396. The fourth-order valence-electron chi connectivity index (χ4n) is 3.00. The third-order valence-corrected chi connectivity index (χ3v) is 4.30. The van der Waals surface area contributed by atoms with Gasteiger partial charge >= 0.3 is 5.97 Å². The Bertz CT molecular complexity index is 637. The van der Waals surface area contributed by atoms with E-state index in [0.29, 0.717) is 12.8 Å². The molecule has 0 radical (unpaired) electrons. The molecule has 2 N–H and O–H groups in total. The van der Waals surface area contributed by atoms with Gasteiger partial charge in [0.2, 0.25) is 0 Å². The molecule has 9 nitrogen and oxygen atoms in total. The second kappa shape index (κ2) is 6.91. The number of nitrogens with two attached hydrogens (primary N) is 1. The van der Waals surface area contributed by atoms with Crippen LogP contribution in [-0.2, 0) is 9.53 Å². The molecule has 1 aromatic rings. The maximum Gasteiger partial charge on any atom is 0.326 e. The van der Waals surface area contributed by atoms with Crippen LogP contribution in [0.25, 0.3) is 0 Å². The molecule has 1 unspecified atom stereocenters. The van der Waals surface area contributed by atoms with Gasteiger partial charge in [0, 0.05) is 12.1 Å². The Hall–Kier alpha value is -2.55. The number of nitrogens with zero attached hydrogens (tertiary/aromatic N) is 2. The quantitative estimate of drug-likeness (QED) is 0.495. The number of rotatable bonds is 5. The summed E-state index contributed by atoms with van der Waals surface area (Å²) in [5, 5.41) is 22.3. The van der Waals surface area contributed by atoms with Crippen molar-refractivity contribution in [2.75, 3.05) is 0 Å². The van der Waals surface area contributed by atoms with Gasteiger partial charge < -0.3 is 10.5 Å². The Morgan fingerprint density at radius 3 is 2.12 bits per heavy atom. The molecule has 1 fully saturated rings. The highest BCUT2D eigenvalue weighted by molar-refractivity contribution is 5.81. The van der Waals surface area contributed by atoms with E-state index in [9.17, 15) is 25.0 Å². The molecule has 0 heterocycles. The summed E-state index contributed by atoms with van der Waals surface area (Å²) >= 11 is 0. The van der Waals surface area contributed by atoms with Crippen molar-refractivity contribution >= 4 is 17.3 Å². The Kier molecular flexibility index (Phi) is 5.13. The normalized spacial score (nSPS) is 17.8. The van der Waals surface area contributed by atoms with E-state index >= 15 is 0 Å². The van der Waals surface area contributed by atoms with Crippen LogP contribution in [0.3, 0.4) is 0 Å². The number of carbonyl (C=O) groups is 1. The molecular weight excluding hydrogens is 318 g/mol.